The molecule has 0 aromatic carbocycles. The number of hydrogen-bond acceptors (Lipinski definition) is 1. The molecule has 3 heteroatoms. The van der Waals surface area contributed by atoms with E-state index < -0.39 is 0 Å². The molecule has 7 heavy (non-hydrogen) atoms. The van der Waals surface area contributed by atoms with Gasteiger partial charge in [-0.1, -0.05) is 0 Å². The number of ether oxygens (including phenoxy) is 1. The average Bonchev–Trinajstić information content (AvgIpc) is 1.41. The van der Waals surface area contributed by atoms with Crippen LogP contribution >= 0.6 is 0 Å². The van der Waals surface area contributed by atoms with E-state index in [1.54, 1.807) is 0 Å². The van der Waals surface area contributed by atoms with E-state index in [1.165, 1.54) is 0 Å². The molecule has 0 fully saturated rings. The summed E-state index contributed by atoms with van der Waals surface area (Å²) in [7, 11) is 0. The van der Waals surface area contributed by atoms with E-state index in [0.717, 1.165) is 13.2 Å². The molecule has 0 aliphatic rings. The normalized spacial score (nSPS) is 6.00. The maximum atomic E-state index is 4.83. The van der Waals surface area contributed by atoms with E-state index in [4.69, 9.17) is 4.74 Å². The minimum absolute atomic E-state index is 0. The molecule has 0 atom stereocenters. The third-order valence-electron chi connectivity index (χ3n) is 0.408. The smallest absolute Gasteiger partial charge is 0.382 e. The molecule has 32 valence electrons. The molecule has 0 aliphatic carbocycles. The predicted molar refractivity (Wildman–Crippen MR) is 22.2 cm³/mol. The molecule has 0 N–H and O–H groups in total. The van der Waals surface area contributed by atoms with Gasteiger partial charge < -0.3 is 4.74 Å². The first-order chi connectivity index (χ1) is 2.41. The summed E-state index contributed by atoms with van der Waals surface area (Å²) in [6, 6.07) is 0. The Balaban J connectivity index is -0.0000000800. The van der Waals surface area contributed by atoms with Crippen molar-refractivity contribution in [3.05, 3.63) is 0 Å². The molecule has 1 nitrogen and oxygen atoms in total. The van der Waals surface area contributed by atoms with Crippen molar-refractivity contribution in [2.24, 2.45) is 0 Å². The molecule has 0 rings (SSSR count). The largest absolute Gasteiger partial charge is 1.00 e. The zero-order chi connectivity index (χ0) is 4.12. The predicted octanol–water partition coefficient (Wildman–Crippen LogP) is -4.95. The molecule has 0 saturated heterocycles. The Morgan fingerprint density at radius 3 is 1.29 bits per heavy atom. The second-order valence-electron chi connectivity index (χ2n) is 0.781. The number of hydrogen-bond donors (Lipinski definition) is 0. The SMILES string of the molecule is CCOCC.[Na+].[Na+]. The van der Waals surface area contributed by atoms with Crippen LogP contribution in [0.15, 0.2) is 0 Å². The van der Waals surface area contributed by atoms with Gasteiger partial charge in [-0.15, -0.1) is 0 Å². The molecule has 0 aromatic rings. The maximum absolute atomic E-state index is 4.83. The van der Waals surface area contributed by atoms with Gasteiger partial charge >= 0.3 is 59.1 Å². The van der Waals surface area contributed by atoms with Crippen LogP contribution in [0.5, 0.6) is 0 Å². The maximum Gasteiger partial charge on any atom is 1.00 e. The summed E-state index contributed by atoms with van der Waals surface area (Å²) < 4.78 is 4.83. The molecule has 0 aromatic heterocycles. The van der Waals surface area contributed by atoms with Crippen molar-refractivity contribution >= 4 is 0 Å². The molecule has 0 unspecified atom stereocenters. The summed E-state index contributed by atoms with van der Waals surface area (Å²) in [5.41, 5.74) is 0. The summed E-state index contributed by atoms with van der Waals surface area (Å²) in [5, 5.41) is 0. The summed E-state index contributed by atoms with van der Waals surface area (Å²) in [6.45, 7) is 5.67. The standard InChI is InChI=1S/C4H10O.2Na/c1-3-5-4-2;;/h3-4H2,1-2H3;;/q;2*+1. The molecule has 0 bridgehead atoms. The van der Waals surface area contributed by atoms with Gasteiger partial charge in [0.15, 0.2) is 0 Å². The molecule has 0 saturated carbocycles. The van der Waals surface area contributed by atoms with E-state index in [9.17, 15) is 0 Å². The Labute approximate surface area is 89.8 Å². The summed E-state index contributed by atoms with van der Waals surface area (Å²) in [6.07, 6.45) is 0. The number of rotatable bonds is 2. The first kappa shape index (κ1) is 16.0. The van der Waals surface area contributed by atoms with Gasteiger partial charge in [0.25, 0.3) is 0 Å². The van der Waals surface area contributed by atoms with E-state index >= 15 is 0 Å². The van der Waals surface area contributed by atoms with Crippen LogP contribution in [0.4, 0.5) is 0 Å². The molecule has 0 heterocycles. The van der Waals surface area contributed by atoms with Crippen molar-refractivity contribution in [1.29, 1.82) is 0 Å². The average molecular weight is 120 g/mol. The first-order valence-corrected chi connectivity index (χ1v) is 1.99. The fourth-order valence-corrected chi connectivity index (χ4v) is 0.204. The van der Waals surface area contributed by atoms with Gasteiger partial charge in [0.2, 0.25) is 0 Å². The van der Waals surface area contributed by atoms with Gasteiger partial charge in [0, 0.05) is 13.2 Å². The summed E-state index contributed by atoms with van der Waals surface area (Å²) >= 11 is 0. The van der Waals surface area contributed by atoms with Gasteiger partial charge in [-0.3, -0.25) is 0 Å². The zero-order valence-electron chi connectivity index (χ0n) is 5.82. The van der Waals surface area contributed by atoms with Crippen LogP contribution in [0.2, 0.25) is 0 Å². The van der Waals surface area contributed by atoms with Crippen LogP contribution in [-0.2, 0) is 4.74 Å². The van der Waals surface area contributed by atoms with Crippen LogP contribution < -0.4 is 59.1 Å². The van der Waals surface area contributed by atoms with Crippen molar-refractivity contribution in [1.82, 2.24) is 0 Å². The van der Waals surface area contributed by atoms with Crippen LogP contribution in [-0.4, -0.2) is 13.2 Å². The minimum Gasteiger partial charge on any atom is -0.382 e. The molecule has 0 aliphatic heterocycles. The van der Waals surface area contributed by atoms with Crippen molar-refractivity contribution in [2.45, 2.75) is 13.8 Å². The third-order valence-corrected chi connectivity index (χ3v) is 0.408. The summed E-state index contributed by atoms with van der Waals surface area (Å²) in [4.78, 5) is 0. The topological polar surface area (TPSA) is 9.23 Å². The fraction of sp³-hybridized carbons (Fsp3) is 1.00. The van der Waals surface area contributed by atoms with Crippen molar-refractivity contribution in [2.75, 3.05) is 13.2 Å². The van der Waals surface area contributed by atoms with Crippen LogP contribution in [0.25, 0.3) is 0 Å². The van der Waals surface area contributed by atoms with Crippen LogP contribution in [0.1, 0.15) is 13.8 Å². The van der Waals surface area contributed by atoms with Crippen LogP contribution in [0, 0.1) is 0 Å². The molecular weight excluding hydrogens is 110 g/mol. The monoisotopic (exact) mass is 120 g/mol. The first-order valence-electron chi connectivity index (χ1n) is 1.99. The van der Waals surface area contributed by atoms with Gasteiger partial charge in [0.1, 0.15) is 0 Å². The van der Waals surface area contributed by atoms with E-state index in [1.807, 2.05) is 13.8 Å². The van der Waals surface area contributed by atoms with Gasteiger partial charge in [-0.25, -0.2) is 0 Å². The quantitative estimate of drug-likeness (QED) is 0.332. The second-order valence-corrected chi connectivity index (χ2v) is 0.781. The fourth-order valence-electron chi connectivity index (χ4n) is 0.204. The summed E-state index contributed by atoms with van der Waals surface area (Å²) in [5.74, 6) is 0. The van der Waals surface area contributed by atoms with Crippen LogP contribution in [0.3, 0.4) is 0 Å². The molecule has 0 amide bonds. The van der Waals surface area contributed by atoms with E-state index in [0.29, 0.717) is 0 Å². The zero-order valence-corrected chi connectivity index (χ0v) is 9.82. The van der Waals surface area contributed by atoms with Crippen molar-refractivity contribution in [3.8, 4) is 0 Å². The van der Waals surface area contributed by atoms with Gasteiger partial charge in [0.05, 0.1) is 0 Å². The van der Waals surface area contributed by atoms with E-state index in [-0.39, 0.29) is 59.1 Å². The van der Waals surface area contributed by atoms with E-state index in [2.05, 4.69) is 0 Å². The molecular formula is C4H10Na2O+2. The van der Waals surface area contributed by atoms with Crippen molar-refractivity contribution < 1.29 is 63.9 Å². The van der Waals surface area contributed by atoms with Crippen molar-refractivity contribution in [3.63, 3.8) is 0 Å². The Hall–Kier alpha value is 1.96. The Morgan fingerprint density at radius 1 is 1.00 bits per heavy atom. The second kappa shape index (κ2) is 15.7. The minimum atomic E-state index is 0. The third kappa shape index (κ3) is 18.0. The Bertz CT molecular complexity index is 17.2. The Morgan fingerprint density at radius 2 is 1.29 bits per heavy atom. The van der Waals surface area contributed by atoms with Gasteiger partial charge in [-0.05, 0) is 13.8 Å². The molecule has 0 spiro atoms. The molecule has 0 radical (unpaired) electrons. The Kier molecular flexibility index (Phi) is 35.8. The van der Waals surface area contributed by atoms with Gasteiger partial charge in [-0.2, -0.15) is 0 Å².